The van der Waals surface area contributed by atoms with Crippen molar-refractivity contribution in [3.8, 4) is 0 Å². The lowest BCUT2D eigenvalue weighted by Gasteiger charge is -2.14. The Kier molecular flexibility index (Phi) is 3.43. The fourth-order valence-electron chi connectivity index (χ4n) is 1.23. The Morgan fingerprint density at radius 1 is 1.43 bits per heavy atom. The van der Waals surface area contributed by atoms with Gasteiger partial charge in [0.2, 0.25) is 10.0 Å². The second-order valence-corrected chi connectivity index (χ2v) is 5.67. The molecule has 0 aromatic rings. The fraction of sp³-hybridized carbons (Fsp3) is 0.833. The summed E-state index contributed by atoms with van der Waals surface area (Å²) in [6.45, 7) is -0.210. The smallest absolute Gasteiger partial charge is 0.220 e. The Morgan fingerprint density at radius 3 is 2.21 bits per heavy atom. The molecule has 1 aliphatic rings. The van der Waals surface area contributed by atoms with E-state index in [1.165, 1.54) is 0 Å². The van der Waals surface area contributed by atoms with E-state index < -0.39 is 28.0 Å². The molecule has 2 atom stereocenters. The normalized spacial score (nSPS) is 29.3. The van der Waals surface area contributed by atoms with Crippen molar-refractivity contribution in [2.24, 2.45) is 5.73 Å². The largest absolute Gasteiger partial charge is 0.392 e. The van der Waals surface area contributed by atoms with E-state index in [9.17, 15) is 8.42 Å². The molecule has 6 nitrogen and oxygen atoms in total. The van der Waals surface area contributed by atoms with Gasteiger partial charge in [-0.2, -0.15) is 4.31 Å². The number of aliphatic hydroxyl groups is 2. The van der Waals surface area contributed by atoms with Crippen LogP contribution in [-0.2, 0) is 10.0 Å². The number of nitrogens with two attached hydrogens (primary N) is 1. The molecule has 0 aromatic carbocycles. The van der Waals surface area contributed by atoms with Gasteiger partial charge in [-0.15, -0.1) is 0 Å². The fourth-order valence-corrected chi connectivity index (χ4v) is 2.98. The summed E-state index contributed by atoms with van der Waals surface area (Å²) >= 11 is 4.48. The Morgan fingerprint density at radius 2 is 1.86 bits per heavy atom. The first-order valence-corrected chi connectivity index (χ1v) is 5.97. The van der Waals surface area contributed by atoms with Crippen LogP contribution in [0.5, 0.6) is 0 Å². The van der Waals surface area contributed by atoms with Gasteiger partial charge in [0.1, 0.15) is 5.75 Å². The van der Waals surface area contributed by atoms with Crippen molar-refractivity contribution >= 4 is 27.2 Å². The van der Waals surface area contributed by atoms with Gasteiger partial charge in [0.05, 0.1) is 17.2 Å². The van der Waals surface area contributed by atoms with Crippen molar-refractivity contribution in [1.82, 2.24) is 4.31 Å². The number of aliphatic hydroxyl groups excluding tert-OH is 2. The van der Waals surface area contributed by atoms with Gasteiger partial charge in [0.25, 0.3) is 0 Å². The van der Waals surface area contributed by atoms with Gasteiger partial charge in [-0.05, 0) is 0 Å². The van der Waals surface area contributed by atoms with Crippen LogP contribution in [0.1, 0.15) is 0 Å². The molecule has 4 N–H and O–H groups in total. The predicted octanol–water partition coefficient (Wildman–Crippen LogP) is -2.36. The molecule has 8 heteroatoms. The van der Waals surface area contributed by atoms with Crippen molar-refractivity contribution in [3.05, 3.63) is 0 Å². The van der Waals surface area contributed by atoms with Crippen molar-refractivity contribution in [2.75, 3.05) is 18.8 Å². The third-order valence-corrected chi connectivity index (χ3v) is 4.03. The first-order valence-electron chi connectivity index (χ1n) is 3.95. The minimum absolute atomic E-state index is 0.105. The summed E-state index contributed by atoms with van der Waals surface area (Å²) in [6.07, 6.45) is -2.06. The summed E-state index contributed by atoms with van der Waals surface area (Å²) in [5.74, 6) is -0.429. The number of thiocarbonyl (C=S) groups is 1. The topological polar surface area (TPSA) is 104 Å². The summed E-state index contributed by atoms with van der Waals surface area (Å²) < 4.78 is 23.9. The lowest BCUT2D eigenvalue weighted by molar-refractivity contribution is 0.0572. The maximum absolute atomic E-state index is 11.5. The molecule has 0 saturated carbocycles. The second-order valence-electron chi connectivity index (χ2n) is 3.17. The van der Waals surface area contributed by atoms with E-state index in [1.54, 1.807) is 0 Å². The average Bonchev–Trinajstić information content (AvgIpc) is 2.30. The molecule has 0 spiro atoms. The molecular formula is C6H12N2O4S2. The van der Waals surface area contributed by atoms with Gasteiger partial charge in [0, 0.05) is 13.1 Å². The zero-order valence-electron chi connectivity index (χ0n) is 7.33. The third-order valence-electron chi connectivity index (χ3n) is 1.94. The van der Waals surface area contributed by atoms with E-state index in [2.05, 4.69) is 12.2 Å². The van der Waals surface area contributed by atoms with Crippen LogP contribution in [0.25, 0.3) is 0 Å². The van der Waals surface area contributed by atoms with Crippen molar-refractivity contribution in [3.63, 3.8) is 0 Å². The zero-order valence-corrected chi connectivity index (χ0v) is 8.96. The first-order chi connectivity index (χ1) is 6.33. The molecule has 0 aromatic heterocycles. The molecule has 82 valence electrons. The van der Waals surface area contributed by atoms with Crippen LogP contribution in [0.2, 0.25) is 0 Å². The summed E-state index contributed by atoms with van der Waals surface area (Å²) in [7, 11) is -3.58. The molecular weight excluding hydrogens is 228 g/mol. The first kappa shape index (κ1) is 11.8. The molecule has 1 heterocycles. The number of β-amino-alcohol motifs (C(OH)–C–C–N with tert-alkyl or cyclic N) is 2. The van der Waals surface area contributed by atoms with Gasteiger partial charge in [-0.25, -0.2) is 8.42 Å². The number of sulfonamides is 1. The van der Waals surface area contributed by atoms with E-state index in [-0.39, 0.29) is 18.1 Å². The minimum atomic E-state index is -3.58. The number of hydrogen-bond acceptors (Lipinski definition) is 5. The number of hydrogen-bond donors (Lipinski definition) is 3. The van der Waals surface area contributed by atoms with Gasteiger partial charge >= 0.3 is 0 Å². The zero-order chi connectivity index (χ0) is 10.9. The third kappa shape index (κ3) is 2.61. The van der Waals surface area contributed by atoms with Crippen molar-refractivity contribution in [1.29, 1.82) is 0 Å². The lowest BCUT2D eigenvalue weighted by Crippen LogP contribution is -2.36. The highest BCUT2D eigenvalue weighted by Crippen LogP contribution is 2.14. The van der Waals surface area contributed by atoms with E-state index >= 15 is 0 Å². The molecule has 1 fully saturated rings. The molecule has 1 aliphatic heterocycles. The van der Waals surface area contributed by atoms with Gasteiger partial charge in [-0.3, -0.25) is 0 Å². The highest BCUT2D eigenvalue weighted by molar-refractivity contribution is 7.92. The molecule has 0 aliphatic carbocycles. The quantitative estimate of drug-likeness (QED) is 0.477. The predicted molar refractivity (Wildman–Crippen MR) is 54.2 cm³/mol. The van der Waals surface area contributed by atoms with Crippen LogP contribution in [0.15, 0.2) is 0 Å². The van der Waals surface area contributed by atoms with E-state index in [0.29, 0.717) is 0 Å². The molecule has 1 rings (SSSR count). The maximum atomic E-state index is 11.5. The standard InChI is InChI=1S/C6H12N2O4S2/c7-6(13)3-14(11,12)8-1-4(9)5(10)2-8/h4-5,9-10H,1-3H2,(H2,7,13). The summed E-state index contributed by atoms with van der Waals surface area (Å²) in [6, 6.07) is 0. The Balaban J connectivity index is 2.71. The average molecular weight is 240 g/mol. The van der Waals surface area contributed by atoms with E-state index in [1.807, 2.05) is 0 Å². The van der Waals surface area contributed by atoms with E-state index in [4.69, 9.17) is 15.9 Å². The monoisotopic (exact) mass is 240 g/mol. The van der Waals surface area contributed by atoms with Crippen LogP contribution in [-0.4, -0.2) is 59.0 Å². The summed E-state index contributed by atoms with van der Waals surface area (Å²) in [5, 5.41) is 18.3. The molecule has 0 radical (unpaired) electrons. The van der Waals surface area contributed by atoms with Crippen molar-refractivity contribution < 1.29 is 18.6 Å². The van der Waals surface area contributed by atoms with Gasteiger partial charge in [-0.1, -0.05) is 12.2 Å². The second kappa shape index (κ2) is 4.07. The van der Waals surface area contributed by atoms with Crippen LogP contribution in [0.3, 0.4) is 0 Å². The molecule has 0 amide bonds. The van der Waals surface area contributed by atoms with Crippen LogP contribution in [0.4, 0.5) is 0 Å². The Bertz CT molecular complexity index is 319. The molecule has 2 unspecified atom stereocenters. The van der Waals surface area contributed by atoms with Crippen LogP contribution >= 0.6 is 12.2 Å². The highest BCUT2D eigenvalue weighted by atomic mass is 32.2. The Labute approximate surface area is 87.4 Å². The van der Waals surface area contributed by atoms with Crippen LogP contribution in [0, 0.1) is 0 Å². The Hall–Kier alpha value is -0.280. The molecule has 0 bridgehead atoms. The van der Waals surface area contributed by atoms with Crippen LogP contribution < -0.4 is 5.73 Å². The highest BCUT2D eigenvalue weighted by Gasteiger charge is 2.36. The summed E-state index contributed by atoms with van der Waals surface area (Å²) in [4.78, 5) is -0.124. The molecule has 1 saturated heterocycles. The maximum Gasteiger partial charge on any atom is 0.220 e. The minimum Gasteiger partial charge on any atom is -0.392 e. The van der Waals surface area contributed by atoms with Crippen molar-refractivity contribution in [2.45, 2.75) is 12.2 Å². The van der Waals surface area contributed by atoms with Gasteiger partial charge < -0.3 is 15.9 Å². The summed E-state index contributed by atoms with van der Waals surface area (Å²) in [5.41, 5.74) is 5.12. The molecule has 14 heavy (non-hydrogen) atoms. The van der Waals surface area contributed by atoms with Gasteiger partial charge in [0.15, 0.2) is 0 Å². The number of rotatable bonds is 3. The lowest BCUT2D eigenvalue weighted by atomic mass is 10.3. The number of nitrogens with zero attached hydrogens (tertiary/aromatic N) is 1. The van der Waals surface area contributed by atoms with E-state index in [0.717, 1.165) is 4.31 Å². The SMILES string of the molecule is NC(=S)CS(=O)(=O)N1CC(O)C(O)C1.